The van der Waals surface area contributed by atoms with E-state index in [-0.39, 0.29) is 18.2 Å². The summed E-state index contributed by atoms with van der Waals surface area (Å²) in [5.74, 6) is 0.209. The summed E-state index contributed by atoms with van der Waals surface area (Å²) in [5.41, 5.74) is -1.26. The van der Waals surface area contributed by atoms with Gasteiger partial charge in [-0.15, -0.1) is 0 Å². The van der Waals surface area contributed by atoms with Gasteiger partial charge in [-0.3, -0.25) is 29.5 Å². The highest BCUT2D eigenvalue weighted by Gasteiger charge is 2.48. The monoisotopic (exact) mass is 466 g/mol. The summed E-state index contributed by atoms with van der Waals surface area (Å²) < 4.78 is 6.96. The Morgan fingerprint density at radius 3 is 2.36 bits per heavy atom. The number of anilines is 2. The number of hydrogen-bond donors (Lipinski definition) is 7. The minimum absolute atomic E-state index is 0.185. The molecule has 3 aromatic heterocycles. The van der Waals surface area contributed by atoms with E-state index in [1.807, 2.05) is 0 Å². The quantitative estimate of drug-likeness (QED) is 0.191. The Bertz CT molecular complexity index is 1400. The molecule has 33 heavy (non-hydrogen) atoms. The van der Waals surface area contributed by atoms with Crippen LogP contribution >= 0.6 is 0 Å². The van der Waals surface area contributed by atoms with E-state index in [1.54, 1.807) is 23.6 Å². The molecule has 16 nitrogen and oxygen atoms in total. The zero-order chi connectivity index (χ0) is 24.0. The van der Waals surface area contributed by atoms with Gasteiger partial charge >= 0.3 is 11.4 Å². The highest BCUT2D eigenvalue weighted by molar-refractivity contribution is 5.71. The van der Waals surface area contributed by atoms with Gasteiger partial charge in [0.15, 0.2) is 17.4 Å². The molecule has 1 saturated heterocycles. The summed E-state index contributed by atoms with van der Waals surface area (Å²) in [5, 5.41) is 29.0. The van der Waals surface area contributed by atoms with Crippen molar-refractivity contribution in [2.24, 2.45) is 7.05 Å². The smallest absolute Gasteiger partial charge is 0.327 e. The molecule has 178 valence electrons. The van der Waals surface area contributed by atoms with Crippen LogP contribution in [0.2, 0.25) is 0 Å². The standard InChI is InChI=1S/C11H16N4O6.C6H6N4O2/c1-14-3-15(8-5(14)9(19)13-11(20)12-8)10-7(18)6(17)4(2-16)21-10;1-10-2-7-4-3(10)5(11)9-6(12)8-4/h4,6-7,10,16-18H,2-3H2,1H3,(H2,12,13,19,20);2H,1H3,(H2,8,9,11,12)/t4-,6-,7-,10-;/m1./s1. The number of nitrogens with one attached hydrogen (secondary N) is 4. The molecule has 2 aliphatic heterocycles. The summed E-state index contributed by atoms with van der Waals surface area (Å²) in [6, 6.07) is 0. The molecule has 0 unspecified atom stereocenters. The number of aromatic amines is 4. The lowest BCUT2D eigenvalue weighted by molar-refractivity contribution is -0.0222. The minimum Gasteiger partial charge on any atom is -0.394 e. The van der Waals surface area contributed by atoms with E-state index in [2.05, 4.69) is 24.9 Å². The van der Waals surface area contributed by atoms with E-state index in [9.17, 15) is 29.4 Å². The second kappa shape index (κ2) is 8.32. The van der Waals surface area contributed by atoms with Crippen molar-refractivity contribution in [2.75, 3.05) is 30.1 Å². The van der Waals surface area contributed by atoms with Crippen molar-refractivity contribution in [1.82, 2.24) is 29.5 Å². The number of rotatable bonds is 2. The predicted octanol–water partition coefficient (Wildman–Crippen LogP) is -4.33. The summed E-state index contributed by atoms with van der Waals surface area (Å²) >= 11 is 0. The number of aliphatic hydroxyl groups excluding tert-OH is 3. The van der Waals surface area contributed by atoms with Gasteiger partial charge in [0.05, 0.1) is 19.6 Å². The van der Waals surface area contributed by atoms with Gasteiger partial charge in [-0.25, -0.2) is 14.6 Å². The molecular weight excluding hydrogens is 444 g/mol. The van der Waals surface area contributed by atoms with E-state index in [0.717, 1.165) is 0 Å². The van der Waals surface area contributed by atoms with Crippen molar-refractivity contribution < 1.29 is 20.1 Å². The van der Waals surface area contributed by atoms with E-state index < -0.39 is 53.6 Å². The van der Waals surface area contributed by atoms with Crippen LogP contribution in [0.5, 0.6) is 0 Å². The second-order valence-corrected chi connectivity index (χ2v) is 7.60. The molecule has 0 spiro atoms. The van der Waals surface area contributed by atoms with Crippen LogP contribution in [0.3, 0.4) is 0 Å². The number of aromatic nitrogens is 6. The summed E-state index contributed by atoms with van der Waals surface area (Å²) in [6.45, 7) is -0.262. The molecule has 5 rings (SSSR count). The van der Waals surface area contributed by atoms with Crippen molar-refractivity contribution in [2.45, 2.75) is 24.5 Å². The molecular formula is C17H22N8O8. The summed E-state index contributed by atoms with van der Waals surface area (Å²) in [7, 11) is 3.33. The molecule has 0 aromatic carbocycles. The average molecular weight is 466 g/mol. The van der Waals surface area contributed by atoms with Crippen LogP contribution in [0.15, 0.2) is 25.5 Å². The van der Waals surface area contributed by atoms with Crippen LogP contribution in [0.4, 0.5) is 11.5 Å². The first-order chi connectivity index (χ1) is 15.6. The Labute approximate surface area is 182 Å². The number of imidazole rings is 1. The van der Waals surface area contributed by atoms with Gasteiger partial charge in [0.1, 0.15) is 29.8 Å². The van der Waals surface area contributed by atoms with Gasteiger partial charge in [0.25, 0.3) is 11.1 Å². The van der Waals surface area contributed by atoms with Crippen LogP contribution in [0, 0.1) is 0 Å². The number of hydrogen-bond acceptors (Lipinski definition) is 11. The first kappa shape index (κ1) is 22.5. The van der Waals surface area contributed by atoms with E-state index in [1.165, 1.54) is 11.2 Å². The normalized spacial score (nSPS) is 24.2. The van der Waals surface area contributed by atoms with Gasteiger partial charge < -0.3 is 34.4 Å². The molecule has 0 aliphatic carbocycles. The SMILES string of the molecule is CN1CN([C@@H]2O[C@H](CO)[C@@H](O)[C@H]2O)c2[nH]c(=O)[nH]c(=O)c21.Cn1cnc2[nH]c(=O)[nH]c(=O)c21. The van der Waals surface area contributed by atoms with E-state index >= 15 is 0 Å². The Balaban J connectivity index is 0.000000183. The maximum atomic E-state index is 11.8. The van der Waals surface area contributed by atoms with Crippen molar-refractivity contribution in [3.8, 4) is 0 Å². The highest BCUT2D eigenvalue weighted by atomic mass is 16.6. The lowest BCUT2D eigenvalue weighted by Gasteiger charge is -2.27. The number of H-pyrrole nitrogens is 4. The molecule has 7 N–H and O–H groups in total. The number of ether oxygens (including phenoxy) is 1. The van der Waals surface area contributed by atoms with Crippen molar-refractivity contribution >= 4 is 22.7 Å². The van der Waals surface area contributed by atoms with Crippen LogP contribution in [0.1, 0.15) is 0 Å². The fraction of sp³-hybridized carbons (Fsp3) is 0.471. The van der Waals surface area contributed by atoms with Gasteiger partial charge in [-0.1, -0.05) is 0 Å². The molecule has 5 heterocycles. The number of aryl methyl sites for hydroxylation is 1. The molecule has 2 aliphatic rings. The lowest BCUT2D eigenvalue weighted by Crippen LogP contribution is -2.45. The third-order valence-corrected chi connectivity index (χ3v) is 5.37. The van der Waals surface area contributed by atoms with Crippen molar-refractivity contribution in [3.63, 3.8) is 0 Å². The fourth-order valence-corrected chi connectivity index (χ4v) is 3.84. The molecule has 3 aromatic rings. The first-order valence-corrected chi connectivity index (χ1v) is 9.72. The molecule has 0 saturated carbocycles. The zero-order valence-electron chi connectivity index (χ0n) is 17.5. The van der Waals surface area contributed by atoms with Crippen molar-refractivity contribution in [1.29, 1.82) is 0 Å². The maximum absolute atomic E-state index is 11.8. The largest absolute Gasteiger partial charge is 0.394 e. The Morgan fingerprint density at radius 1 is 1.03 bits per heavy atom. The summed E-state index contributed by atoms with van der Waals surface area (Å²) in [6.07, 6.45) is -2.95. The average Bonchev–Trinajstić information content (AvgIpc) is 3.37. The lowest BCUT2D eigenvalue weighted by atomic mass is 10.1. The van der Waals surface area contributed by atoms with E-state index in [0.29, 0.717) is 11.2 Å². The second-order valence-electron chi connectivity index (χ2n) is 7.60. The fourth-order valence-electron chi connectivity index (χ4n) is 3.84. The molecule has 1 fully saturated rings. The Kier molecular flexibility index (Phi) is 5.66. The summed E-state index contributed by atoms with van der Waals surface area (Å²) in [4.78, 5) is 61.2. The van der Waals surface area contributed by atoms with Crippen molar-refractivity contribution in [3.05, 3.63) is 48.0 Å². The Hall–Kier alpha value is -3.73. The zero-order valence-corrected chi connectivity index (χ0v) is 17.5. The molecule has 16 heteroatoms. The van der Waals surface area contributed by atoms with Crippen LogP contribution in [-0.4, -0.2) is 89.7 Å². The van der Waals surface area contributed by atoms with Gasteiger partial charge in [0, 0.05) is 14.1 Å². The maximum Gasteiger partial charge on any atom is 0.327 e. The highest BCUT2D eigenvalue weighted by Crippen LogP contribution is 2.34. The number of fused-ring (bicyclic) bond motifs is 2. The Morgan fingerprint density at radius 2 is 1.70 bits per heavy atom. The topological polar surface area (TPSA) is 226 Å². The number of nitrogens with zero attached hydrogens (tertiary/aromatic N) is 4. The third-order valence-electron chi connectivity index (χ3n) is 5.37. The molecule has 0 bridgehead atoms. The van der Waals surface area contributed by atoms with Crippen LogP contribution in [0.25, 0.3) is 11.2 Å². The van der Waals surface area contributed by atoms with Gasteiger partial charge in [-0.05, 0) is 0 Å². The van der Waals surface area contributed by atoms with Crippen LogP contribution < -0.4 is 32.3 Å². The predicted molar refractivity (Wildman–Crippen MR) is 113 cm³/mol. The van der Waals surface area contributed by atoms with E-state index in [4.69, 9.17) is 9.84 Å². The molecule has 0 amide bonds. The third kappa shape index (κ3) is 3.84. The molecule has 4 atom stereocenters. The molecule has 0 radical (unpaired) electrons. The van der Waals surface area contributed by atoms with Crippen LogP contribution in [-0.2, 0) is 11.8 Å². The first-order valence-electron chi connectivity index (χ1n) is 9.72. The van der Waals surface area contributed by atoms with Gasteiger partial charge in [0.2, 0.25) is 0 Å². The van der Waals surface area contributed by atoms with Gasteiger partial charge in [-0.2, -0.15) is 0 Å². The minimum atomic E-state index is -1.27. The number of aliphatic hydroxyl groups is 3.